The molecule has 2 aliphatic rings. The number of hydrogen-bond donors (Lipinski definition) is 2. The first kappa shape index (κ1) is 26.0. The predicted octanol–water partition coefficient (Wildman–Crippen LogP) is 3.16. The molecule has 4 atom stereocenters. The van der Waals surface area contributed by atoms with Crippen LogP contribution in [0.15, 0.2) is 18.5 Å². The van der Waals surface area contributed by atoms with Crippen LogP contribution in [0, 0.1) is 35.5 Å². The number of hydrogen-bond acceptors (Lipinski definition) is 8. The molecule has 2 aromatic rings. The van der Waals surface area contributed by atoms with Crippen molar-refractivity contribution in [2.75, 3.05) is 11.9 Å². The quantitative estimate of drug-likeness (QED) is 0.532. The number of aliphatic hydroxyl groups is 1. The molecule has 36 heavy (non-hydrogen) atoms. The molecule has 1 saturated heterocycles. The maximum Gasteiger partial charge on any atom is 0.306 e. The van der Waals surface area contributed by atoms with Gasteiger partial charge in [0.05, 0.1) is 5.69 Å². The van der Waals surface area contributed by atoms with Gasteiger partial charge in [0.2, 0.25) is 11.5 Å². The number of anilines is 1. The highest BCUT2D eigenvalue weighted by atomic mass is 16.6. The molecule has 0 aromatic carbocycles. The van der Waals surface area contributed by atoms with Crippen LogP contribution in [0.2, 0.25) is 0 Å². The molecule has 1 saturated carbocycles. The highest BCUT2D eigenvalue weighted by Gasteiger charge is 2.52. The van der Waals surface area contributed by atoms with Crippen molar-refractivity contribution in [1.29, 1.82) is 5.26 Å². The van der Waals surface area contributed by atoms with Crippen LogP contribution in [0.1, 0.15) is 65.0 Å². The first-order valence-corrected chi connectivity index (χ1v) is 12.7. The Balaban J connectivity index is 1.48. The molecule has 1 aliphatic heterocycles. The van der Waals surface area contributed by atoms with E-state index in [-0.39, 0.29) is 36.0 Å². The maximum atomic E-state index is 12.6. The van der Waals surface area contributed by atoms with Gasteiger partial charge in [-0.1, -0.05) is 40.0 Å². The fourth-order valence-electron chi connectivity index (χ4n) is 4.84. The third-order valence-electron chi connectivity index (χ3n) is 7.39. The maximum absolute atomic E-state index is 12.6. The van der Waals surface area contributed by atoms with Crippen molar-refractivity contribution in [3.05, 3.63) is 30.6 Å². The van der Waals surface area contributed by atoms with E-state index in [9.17, 15) is 20.0 Å². The summed E-state index contributed by atoms with van der Waals surface area (Å²) >= 11 is 0. The van der Waals surface area contributed by atoms with E-state index in [0.29, 0.717) is 23.7 Å². The molecule has 193 valence electrons. The molecule has 10 heteroatoms. The summed E-state index contributed by atoms with van der Waals surface area (Å²) in [5, 5.41) is 28.0. The number of nitrogens with one attached hydrogen (secondary N) is 1. The van der Waals surface area contributed by atoms with Crippen molar-refractivity contribution >= 4 is 23.2 Å². The summed E-state index contributed by atoms with van der Waals surface area (Å²) in [6, 6.07) is 5.36. The van der Waals surface area contributed by atoms with Gasteiger partial charge in [-0.2, -0.15) is 10.4 Å². The Morgan fingerprint density at radius 3 is 2.75 bits per heavy atom. The van der Waals surface area contributed by atoms with Gasteiger partial charge in [-0.15, -0.1) is 0 Å². The lowest BCUT2D eigenvalue weighted by Gasteiger charge is -2.24. The molecule has 0 unspecified atom stereocenters. The Morgan fingerprint density at radius 2 is 2.06 bits per heavy atom. The van der Waals surface area contributed by atoms with E-state index in [1.807, 2.05) is 20.8 Å². The smallest absolute Gasteiger partial charge is 0.306 e. The lowest BCUT2D eigenvalue weighted by molar-refractivity contribution is -0.150. The third kappa shape index (κ3) is 5.22. The monoisotopic (exact) mass is 496 g/mol. The van der Waals surface area contributed by atoms with Gasteiger partial charge in [0.25, 0.3) is 0 Å². The number of aliphatic hydroxyl groups excluding tert-OH is 1. The lowest BCUT2D eigenvalue weighted by Crippen LogP contribution is -2.37. The van der Waals surface area contributed by atoms with E-state index >= 15 is 0 Å². The normalized spacial score (nSPS) is 25.6. The molecule has 0 spiro atoms. The average Bonchev–Trinajstić information content (AvgIpc) is 3.44. The van der Waals surface area contributed by atoms with Crippen LogP contribution < -0.4 is 5.32 Å². The van der Waals surface area contributed by atoms with Crippen molar-refractivity contribution in [3.63, 3.8) is 0 Å². The molecular formula is C26H34N5O5. The molecule has 0 bridgehead atoms. The molecule has 2 aromatic heterocycles. The standard InChI is InChI=1S/C26H34N5O5/c1-16(2)17(3)25(34)30-24-20-9-10-21(31(20)29-15-28-24)26(14-27)22(32)12-19(36-26)13-35-23(33)11-18-7-5-4-6-8-18/h9-10,12,15-19,22,32H,4-8,11,13H2,1-3H3,(H,28,29,30,34)/t17-,19-,22-,26+/m1/s1. The summed E-state index contributed by atoms with van der Waals surface area (Å²) in [6.45, 7) is 5.68. The topological polar surface area (TPSA) is 139 Å². The predicted molar refractivity (Wildman–Crippen MR) is 130 cm³/mol. The van der Waals surface area contributed by atoms with E-state index in [0.717, 1.165) is 25.7 Å². The second-order valence-electron chi connectivity index (χ2n) is 10.2. The fourth-order valence-corrected chi connectivity index (χ4v) is 4.84. The fraction of sp³-hybridized carbons (Fsp3) is 0.615. The summed E-state index contributed by atoms with van der Waals surface area (Å²) in [4.78, 5) is 29.1. The number of amides is 1. The number of esters is 1. The Labute approximate surface area is 211 Å². The Hall–Kier alpha value is -3.03. The minimum Gasteiger partial charge on any atom is -0.463 e. The van der Waals surface area contributed by atoms with Crippen molar-refractivity contribution in [2.45, 2.75) is 77.1 Å². The first-order chi connectivity index (χ1) is 17.2. The Morgan fingerprint density at radius 1 is 1.31 bits per heavy atom. The number of fused-ring (bicyclic) bond motifs is 1. The lowest BCUT2D eigenvalue weighted by atomic mass is 9.87. The van der Waals surface area contributed by atoms with Crippen LogP contribution in [0.25, 0.3) is 5.52 Å². The van der Waals surface area contributed by atoms with Gasteiger partial charge in [0.15, 0.2) is 5.82 Å². The van der Waals surface area contributed by atoms with Crippen molar-refractivity contribution < 1.29 is 24.2 Å². The summed E-state index contributed by atoms with van der Waals surface area (Å²) in [5.74, 6) is 0.109. The van der Waals surface area contributed by atoms with Gasteiger partial charge in [-0.05, 0) is 36.8 Å². The zero-order valence-corrected chi connectivity index (χ0v) is 21.0. The Bertz CT molecular complexity index is 1140. The molecule has 1 amide bonds. The second-order valence-corrected chi connectivity index (χ2v) is 10.2. The molecular weight excluding hydrogens is 462 g/mol. The molecule has 2 fully saturated rings. The zero-order valence-electron chi connectivity index (χ0n) is 21.0. The van der Waals surface area contributed by atoms with Gasteiger partial charge < -0.3 is 19.9 Å². The van der Waals surface area contributed by atoms with Crippen LogP contribution in [-0.2, 0) is 24.7 Å². The minimum absolute atomic E-state index is 0.0846. The van der Waals surface area contributed by atoms with Crippen LogP contribution >= 0.6 is 0 Å². The van der Waals surface area contributed by atoms with Gasteiger partial charge in [-0.3, -0.25) is 9.59 Å². The molecule has 2 N–H and O–H groups in total. The van der Waals surface area contributed by atoms with Gasteiger partial charge >= 0.3 is 5.97 Å². The summed E-state index contributed by atoms with van der Waals surface area (Å²) in [5.41, 5.74) is -1.01. The van der Waals surface area contributed by atoms with Crippen LogP contribution in [0.5, 0.6) is 0 Å². The molecule has 4 rings (SSSR count). The highest BCUT2D eigenvalue weighted by molar-refractivity contribution is 5.95. The number of aromatic nitrogens is 3. The van der Waals surface area contributed by atoms with E-state index in [2.05, 4.69) is 21.5 Å². The average molecular weight is 497 g/mol. The number of rotatable bonds is 8. The summed E-state index contributed by atoms with van der Waals surface area (Å²) in [7, 11) is 0. The molecule has 1 radical (unpaired) electrons. The second kappa shape index (κ2) is 10.9. The van der Waals surface area contributed by atoms with Crippen molar-refractivity contribution in [1.82, 2.24) is 14.6 Å². The van der Waals surface area contributed by atoms with Gasteiger partial charge in [-0.25, -0.2) is 9.50 Å². The first-order valence-electron chi connectivity index (χ1n) is 12.7. The molecule has 1 aliphatic carbocycles. The third-order valence-corrected chi connectivity index (χ3v) is 7.39. The zero-order chi connectivity index (χ0) is 25.9. The molecule has 10 nitrogen and oxygen atoms in total. The van der Waals surface area contributed by atoms with Gasteiger partial charge in [0.1, 0.15) is 36.7 Å². The van der Waals surface area contributed by atoms with Gasteiger partial charge in [0, 0.05) is 18.8 Å². The van der Waals surface area contributed by atoms with E-state index in [4.69, 9.17) is 9.47 Å². The van der Waals surface area contributed by atoms with Crippen LogP contribution in [0.3, 0.4) is 0 Å². The minimum atomic E-state index is -1.76. The number of carbonyl (C=O) groups is 2. The Kier molecular flexibility index (Phi) is 7.91. The summed E-state index contributed by atoms with van der Waals surface area (Å²) in [6.07, 6.45) is 6.66. The van der Waals surface area contributed by atoms with E-state index in [1.165, 1.54) is 23.7 Å². The van der Waals surface area contributed by atoms with Crippen molar-refractivity contribution in [2.24, 2.45) is 17.8 Å². The highest BCUT2D eigenvalue weighted by Crippen LogP contribution is 2.40. The molecule has 3 heterocycles. The largest absolute Gasteiger partial charge is 0.463 e. The van der Waals surface area contributed by atoms with Crippen LogP contribution in [-0.4, -0.2) is 50.4 Å². The van der Waals surface area contributed by atoms with Crippen molar-refractivity contribution in [3.8, 4) is 6.07 Å². The summed E-state index contributed by atoms with van der Waals surface area (Å²) < 4.78 is 12.8. The van der Waals surface area contributed by atoms with E-state index < -0.39 is 17.8 Å². The van der Waals surface area contributed by atoms with Crippen LogP contribution in [0.4, 0.5) is 5.82 Å². The number of nitriles is 1. The van der Waals surface area contributed by atoms with E-state index in [1.54, 1.807) is 12.1 Å². The SMILES string of the molecule is CC(C)[C@@H](C)C(=O)Nc1ncnn2c([C@]3(C#N)O[C@@H](COC(=O)CC4CCCCC4)[CH][C@H]3O)ccc12. The number of ether oxygens (including phenoxy) is 2. The number of carbonyl (C=O) groups excluding carboxylic acids is 2. The number of nitrogens with zero attached hydrogens (tertiary/aromatic N) is 4.